The molecule has 2 heterocycles. The van der Waals surface area contributed by atoms with Crippen molar-refractivity contribution in [3.05, 3.63) is 78.1 Å². The van der Waals surface area contributed by atoms with E-state index in [4.69, 9.17) is 4.98 Å². The maximum atomic E-state index is 9.68. The molecule has 2 N–H and O–H groups in total. The lowest BCUT2D eigenvalue weighted by Crippen LogP contribution is -2.35. The minimum absolute atomic E-state index is 0. The highest BCUT2D eigenvalue weighted by Gasteiger charge is 2.17. The van der Waals surface area contributed by atoms with Gasteiger partial charge in [-0.05, 0) is 30.4 Å². The molecule has 170 valence electrons. The fourth-order valence-electron chi connectivity index (χ4n) is 4.17. The van der Waals surface area contributed by atoms with Crippen LogP contribution >= 0.6 is 0 Å². The quantitative estimate of drug-likeness (QED) is 0.479. The Hall–Kier alpha value is -2.76. The molecule has 1 aliphatic rings. The van der Waals surface area contributed by atoms with E-state index in [-0.39, 0.29) is 19.6 Å². The number of likely N-dealkylation sites (tertiary alicyclic amines) is 1. The predicted octanol–water partition coefficient (Wildman–Crippen LogP) is 5.69. The molecule has 0 aliphatic carbocycles. The highest BCUT2D eigenvalue weighted by Crippen LogP contribution is 2.25. The van der Waals surface area contributed by atoms with Crippen LogP contribution in [0.1, 0.15) is 57.2 Å². The number of piperidine rings is 1. The van der Waals surface area contributed by atoms with Crippen molar-refractivity contribution in [2.45, 2.75) is 58.7 Å². The maximum absolute atomic E-state index is 9.68. The molecule has 5 heteroatoms. The number of hydrogen-bond donors (Lipinski definition) is 2. The van der Waals surface area contributed by atoms with Crippen LogP contribution < -0.4 is 5.32 Å². The summed E-state index contributed by atoms with van der Waals surface area (Å²) in [5, 5.41) is 13.3. The Balaban J connectivity index is 0.00000289. The molecule has 1 atom stereocenters. The molecule has 1 saturated heterocycles. The summed E-state index contributed by atoms with van der Waals surface area (Å²) in [6.45, 7) is 5.05. The molecule has 1 aromatic heterocycles. The third-order valence-corrected chi connectivity index (χ3v) is 5.95. The zero-order chi connectivity index (χ0) is 21.5. The number of aliphatic hydroxyl groups is 1. The molecule has 0 radical (unpaired) electrons. The Morgan fingerprint density at radius 3 is 2.44 bits per heavy atom. The van der Waals surface area contributed by atoms with Crippen LogP contribution in [0.25, 0.3) is 11.3 Å². The predicted molar refractivity (Wildman–Crippen MR) is 132 cm³/mol. The van der Waals surface area contributed by atoms with E-state index in [2.05, 4.69) is 70.7 Å². The van der Waals surface area contributed by atoms with Crippen molar-refractivity contribution in [3.8, 4) is 11.3 Å². The first-order valence-corrected chi connectivity index (χ1v) is 11.3. The monoisotopic (exact) mass is 432 g/mol. The van der Waals surface area contributed by atoms with Crippen molar-refractivity contribution >= 4 is 5.82 Å². The van der Waals surface area contributed by atoms with Crippen LogP contribution in [0.5, 0.6) is 0 Å². The zero-order valence-corrected chi connectivity index (χ0v) is 18.2. The number of nitrogens with one attached hydrogen (secondary N) is 1. The number of hydrogen-bond acceptors (Lipinski definition) is 5. The molecule has 1 fully saturated rings. The largest absolute Gasteiger partial charge is 0.393 e. The van der Waals surface area contributed by atoms with Crippen molar-refractivity contribution in [1.82, 2.24) is 14.9 Å². The average Bonchev–Trinajstić information content (AvgIpc) is 2.82. The SMILES string of the molecule is C.CCCC(Nc1cncc(-c2ccc(CN3CCC(O)CC3)cc2)n1)c1ccccc1. The molecular weight excluding hydrogens is 396 g/mol. The summed E-state index contributed by atoms with van der Waals surface area (Å²) in [5.41, 5.74) is 4.50. The Morgan fingerprint density at radius 2 is 1.75 bits per heavy atom. The summed E-state index contributed by atoms with van der Waals surface area (Å²) in [5.74, 6) is 0.802. The average molecular weight is 433 g/mol. The molecule has 1 aliphatic heterocycles. The van der Waals surface area contributed by atoms with Crippen molar-refractivity contribution in [2.24, 2.45) is 0 Å². The fraction of sp³-hybridized carbons (Fsp3) is 0.407. The summed E-state index contributed by atoms with van der Waals surface area (Å²) < 4.78 is 0. The van der Waals surface area contributed by atoms with Gasteiger partial charge in [-0.15, -0.1) is 0 Å². The van der Waals surface area contributed by atoms with E-state index in [0.29, 0.717) is 0 Å². The van der Waals surface area contributed by atoms with Crippen LogP contribution in [-0.4, -0.2) is 39.2 Å². The molecule has 4 rings (SSSR count). The second-order valence-corrected chi connectivity index (χ2v) is 8.39. The maximum Gasteiger partial charge on any atom is 0.145 e. The van der Waals surface area contributed by atoms with Gasteiger partial charge in [0.05, 0.1) is 30.2 Å². The Morgan fingerprint density at radius 1 is 1.03 bits per heavy atom. The molecule has 2 aromatic carbocycles. The Kier molecular flexibility index (Phi) is 8.77. The number of benzene rings is 2. The summed E-state index contributed by atoms with van der Waals surface area (Å²) in [6, 6.07) is 19.3. The number of anilines is 1. The molecular formula is C27H36N4O. The lowest BCUT2D eigenvalue weighted by atomic mass is 10.0. The van der Waals surface area contributed by atoms with Crippen molar-refractivity contribution in [1.29, 1.82) is 0 Å². The molecule has 1 unspecified atom stereocenters. The minimum Gasteiger partial charge on any atom is -0.393 e. The topological polar surface area (TPSA) is 61.3 Å². The standard InChI is InChI=1S/C26H32N4O.CH4/c1-2-6-24(21-7-4-3-5-8-21)28-26-18-27-17-25(29-26)22-11-9-20(10-12-22)19-30-15-13-23(31)14-16-30;/h3-5,7-12,17-18,23-24,31H,2,6,13-16,19H2,1H3,(H,28,29);1H4. The third-order valence-electron chi connectivity index (χ3n) is 5.95. The van der Waals surface area contributed by atoms with Crippen molar-refractivity contribution < 1.29 is 5.11 Å². The summed E-state index contributed by atoms with van der Waals surface area (Å²) >= 11 is 0. The van der Waals surface area contributed by atoms with Gasteiger partial charge in [0.1, 0.15) is 5.82 Å². The lowest BCUT2D eigenvalue weighted by Gasteiger charge is -2.29. The number of nitrogens with zero attached hydrogens (tertiary/aromatic N) is 3. The highest BCUT2D eigenvalue weighted by atomic mass is 16.3. The van der Waals surface area contributed by atoms with E-state index in [1.807, 2.05) is 12.3 Å². The smallest absolute Gasteiger partial charge is 0.145 e. The van der Waals surface area contributed by atoms with E-state index < -0.39 is 0 Å². The number of aliphatic hydroxyl groups excluding tert-OH is 1. The van der Waals surface area contributed by atoms with E-state index in [9.17, 15) is 5.11 Å². The Bertz CT molecular complexity index is 937. The third kappa shape index (κ3) is 6.38. The summed E-state index contributed by atoms with van der Waals surface area (Å²) in [7, 11) is 0. The van der Waals surface area contributed by atoms with Gasteiger partial charge in [0.2, 0.25) is 0 Å². The summed E-state index contributed by atoms with van der Waals surface area (Å²) in [6.07, 6.45) is 7.37. The molecule has 0 saturated carbocycles. The van der Waals surface area contributed by atoms with Gasteiger partial charge in [-0.3, -0.25) is 9.88 Å². The molecule has 32 heavy (non-hydrogen) atoms. The molecule has 0 bridgehead atoms. The van der Waals surface area contributed by atoms with Gasteiger partial charge in [-0.1, -0.05) is 75.4 Å². The second-order valence-electron chi connectivity index (χ2n) is 8.39. The van der Waals surface area contributed by atoms with Crippen LogP contribution in [0.4, 0.5) is 5.82 Å². The van der Waals surface area contributed by atoms with Crippen molar-refractivity contribution in [2.75, 3.05) is 18.4 Å². The van der Waals surface area contributed by atoms with Gasteiger partial charge in [0, 0.05) is 25.2 Å². The van der Waals surface area contributed by atoms with E-state index >= 15 is 0 Å². The molecule has 0 spiro atoms. The normalized spacial score (nSPS) is 15.7. The number of rotatable bonds is 8. The van der Waals surface area contributed by atoms with Gasteiger partial charge in [0.15, 0.2) is 0 Å². The van der Waals surface area contributed by atoms with Crippen LogP contribution in [0.2, 0.25) is 0 Å². The van der Waals surface area contributed by atoms with Crippen LogP contribution in [0.3, 0.4) is 0 Å². The van der Waals surface area contributed by atoms with E-state index in [1.165, 1.54) is 11.1 Å². The van der Waals surface area contributed by atoms with Gasteiger partial charge in [0.25, 0.3) is 0 Å². The fourth-order valence-corrected chi connectivity index (χ4v) is 4.17. The van der Waals surface area contributed by atoms with Gasteiger partial charge < -0.3 is 10.4 Å². The van der Waals surface area contributed by atoms with Gasteiger partial charge >= 0.3 is 0 Å². The van der Waals surface area contributed by atoms with Crippen molar-refractivity contribution in [3.63, 3.8) is 0 Å². The highest BCUT2D eigenvalue weighted by molar-refractivity contribution is 5.60. The van der Waals surface area contributed by atoms with Gasteiger partial charge in [-0.25, -0.2) is 4.98 Å². The van der Waals surface area contributed by atoms with Crippen LogP contribution in [-0.2, 0) is 6.54 Å². The first kappa shape index (κ1) is 23.9. The molecule has 5 nitrogen and oxygen atoms in total. The minimum atomic E-state index is -0.128. The first-order valence-electron chi connectivity index (χ1n) is 11.3. The van der Waals surface area contributed by atoms with E-state index in [0.717, 1.165) is 62.4 Å². The van der Waals surface area contributed by atoms with Gasteiger partial charge in [-0.2, -0.15) is 0 Å². The zero-order valence-electron chi connectivity index (χ0n) is 18.2. The second kappa shape index (κ2) is 11.7. The Labute approximate surface area is 192 Å². The van der Waals surface area contributed by atoms with Crippen LogP contribution in [0, 0.1) is 0 Å². The van der Waals surface area contributed by atoms with Crippen LogP contribution in [0.15, 0.2) is 67.0 Å². The summed E-state index contributed by atoms with van der Waals surface area (Å²) in [4.78, 5) is 11.7. The lowest BCUT2D eigenvalue weighted by molar-refractivity contribution is 0.0792. The first-order chi connectivity index (χ1) is 15.2. The molecule has 0 amide bonds. The molecule has 3 aromatic rings. The number of aromatic nitrogens is 2. The van der Waals surface area contributed by atoms with E-state index in [1.54, 1.807) is 6.20 Å².